The summed E-state index contributed by atoms with van der Waals surface area (Å²) in [5.74, 6) is 0.764. The molecular formula is C20H25N3O. The van der Waals surface area contributed by atoms with Crippen LogP contribution in [-0.2, 0) is 11.2 Å². The second kappa shape index (κ2) is 6.42. The lowest BCUT2D eigenvalue weighted by Gasteiger charge is -2.29. The molecule has 126 valence electrons. The van der Waals surface area contributed by atoms with Gasteiger partial charge in [0.2, 0.25) is 5.91 Å². The Morgan fingerprint density at radius 3 is 3.12 bits per heavy atom. The van der Waals surface area contributed by atoms with Crippen molar-refractivity contribution in [3.8, 4) is 0 Å². The summed E-state index contributed by atoms with van der Waals surface area (Å²) in [6.07, 6.45) is 14.6. The van der Waals surface area contributed by atoms with Crippen molar-refractivity contribution in [3.05, 3.63) is 46.9 Å². The van der Waals surface area contributed by atoms with Crippen LogP contribution in [0.5, 0.6) is 0 Å². The quantitative estimate of drug-likeness (QED) is 0.897. The monoisotopic (exact) mass is 323 g/mol. The van der Waals surface area contributed by atoms with Crippen molar-refractivity contribution in [2.75, 3.05) is 6.54 Å². The van der Waals surface area contributed by atoms with Crippen LogP contribution in [0.25, 0.3) is 5.57 Å². The van der Waals surface area contributed by atoms with E-state index in [0.717, 1.165) is 32.2 Å². The zero-order chi connectivity index (χ0) is 16.5. The smallest absolute Gasteiger partial charge is 0.220 e. The molecule has 2 unspecified atom stereocenters. The molecule has 1 aromatic heterocycles. The highest BCUT2D eigenvalue weighted by atomic mass is 16.1. The normalized spacial score (nSPS) is 25.0. The standard InChI is InChI=1S/C20H25N3O/c1-2-20(24)23-19-5-3-4-15-16(11-21-12-17(15)19)13-6-7-18-14(10-13)8-9-22-18/h6-7,11-12,14,19,22H,2-5,8-10H2,1H3,(H,23,24). The number of hydrogen-bond acceptors (Lipinski definition) is 3. The zero-order valence-corrected chi connectivity index (χ0v) is 14.3. The van der Waals surface area contributed by atoms with Crippen molar-refractivity contribution in [3.63, 3.8) is 0 Å². The fourth-order valence-corrected chi connectivity index (χ4v) is 4.27. The number of rotatable bonds is 3. The predicted molar refractivity (Wildman–Crippen MR) is 95.1 cm³/mol. The van der Waals surface area contributed by atoms with E-state index >= 15 is 0 Å². The lowest BCUT2D eigenvalue weighted by molar-refractivity contribution is -0.121. The molecule has 3 aliphatic rings. The van der Waals surface area contributed by atoms with Gasteiger partial charge in [-0.25, -0.2) is 0 Å². The van der Waals surface area contributed by atoms with Gasteiger partial charge in [0.15, 0.2) is 0 Å². The minimum Gasteiger partial charge on any atom is -0.388 e. The van der Waals surface area contributed by atoms with Gasteiger partial charge < -0.3 is 10.6 Å². The second-order valence-electron chi connectivity index (χ2n) is 7.05. The molecule has 4 nitrogen and oxygen atoms in total. The Morgan fingerprint density at radius 1 is 1.33 bits per heavy atom. The summed E-state index contributed by atoms with van der Waals surface area (Å²) in [6, 6.07) is 0.122. The zero-order valence-electron chi connectivity index (χ0n) is 14.3. The van der Waals surface area contributed by atoms with E-state index in [4.69, 9.17) is 0 Å². The van der Waals surface area contributed by atoms with Crippen LogP contribution >= 0.6 is 0 Å². The molecule has 0 aromatic carbocycles. The van der Waals surface area contributed by atoms with Gasteiger partial charge in [0.1, 0.15) is 0 Å². The highest BCUT2D eigenvalue weighted by Gasteiger charge is 2.28. The molecule has 4 rings (SSSR count). The average molecular weight is 323 g/mol. The Balaban J connectivity index is 1.66. The average Bonchev–Trinajstić information content (AvgIpc) is 3.09. The number of carbonyl (C=O) groups is 1. The molecule has 2 aliphatic carbocycles. The molecule has 0 spiro atoms. The maximum Gasteiger partial charge on any atom is 0.220 e. The molecule has 0 bridgehead atoms. The van der Waals surface area contributed by atoms with E-state index in [2.05, 4.69) is 27.8 Å². The topological polar surface area (TPSA) is 54.0 Å². The minimum absolute atomic E-state index is 0.122. The first-order chi connectivity index (χ1) is 11.8. The Labute approximate surface area is 143 Å². The van der Waals surface area contributed by atoms with E-state index in [1.807, 2.05) is 19.3 Å². The summed E-state index contributed by atoms with van der Waals surface area (Å²) in [4.78, 5) is 16.4. The summed E-state index contributed by atoms with van der Waals surface area (Å²) in [5, 5.41) is 6.65. The summed E-state index contributed by atoms with van der Waals surface area (Å²) in [5.41, 5.74) is 6.71. The van der Waals surface area contributed by atoms with Crippen molar-refractivity contribution in [1.82, 2.24) is 15.6 Å². The van der Waals surface area contributed by atoms with Crippen LogP contribution in [0, 0.1) is 5.92 Å². The van der Waals surface area contributed by atoms with Gasteiger partial charge in [0.05, 0.1) is 6.04 Å². The molecule has 0 saturated carbocycles. The predicted octanol–water partition coefficient (Wildman–Crippen LogP) is 3.27. The fourth-order valence-electron chi connectivity index (χ4n) is 4.27. The number of hydrogen-bond donors (Lipinski definition) is 2. The summed E-state index contributed by atoms with van der Waals surface area (Å²) in [7, 11) is 0. The molecule has 0 radical (unpaired) electrons. The Morgan fingerprint density at radius 2 is 2.25 bits per heavy atom. The highest BCUT2D eigenvalue weighted by molar-refractivity contribution is 5.77. The van der Waals surface area contributed by atoms with E-state index in [9.17, 15) is 4.79 Å². The first-order valence-corrected chi connectivity index (χ1v) is 9.17. The van der Waals surface area contributed by atoms with Gasteiger partial charge in [-0.15, -0.1) is 0 Å². The summed E-state index contributed by atoms with van der Waals surface area (Å²) in [6.45, 7) is 2.99. The first-order valence-electron chi connectivity index (χ1n) is 9.17. The number of amides is 1. The Hall–Kier alpha value is -2.10. The molecule has 1 saturated heterocycles. The highest BCUT2D eigenvalue weighted by Crippen LogP contribution is 2.39. The molecule has 4 heteroatoms. The molecule has 1 fully saturated rings. The van der Waals surface area contributed by atoms with Crippen molar-refractivity contribution in [1.29, 1.82) is 0 Å². The van der Waals surface area contributed by atoms with Gasteiger partial charge in [-0.1, -0.05) is 13.0 Å². The maximum atomic E-state index is 11.8. The van der Waals surface area contributed by atoms with E-state index in [-0.39, 0.29) is 11.9 Å². The van der Waals surface area contributed by atoms with Gasteiger partial charge in [0.25, 0.3) is 0 Å². The van der Waals surface area contributed by atoms with Gasteiger partial charge in [-0.05, 0) is 60.4 Å². The van der Waals surface area contributed by atoms with Gasteiger partial charge in [-0.3, -0.25) is 9.78 Å². The first kappa shape index (κ1) is 15.4. The Bertz CT molecular complexity index is 720. The van der Waals surface area contributed by atoms with Gasteiger partial charge in [-0.2, -0.15) is 0 Å². The van der Waals surface area contributed by atoms with Crippen LogP contribution in [0.4, 0.5) is 0 Å². The van der Waals surface area contributed by atoms with E-state index in [1.54, 1.807) is 0 Å². The number of nitrogens with one attached hydrogen (secondary N) is 2. The van der Waals surface area contributed by atoms with Crippen LogP contribution in [0.3, 0.4) is 0 Å². The third-order valence-corrected chi connectivity index (χ3v) is 5.58. The maximum absolute atomic E-state index is 11.8. The number of nitrogens with zero attached hydrogens (tertiary/aromatic N) is 1. The van der Waals surface area contributed by atoms with E-state index < -0.39 is 0 Å². The molecule has 24 heavy (non-hydrogen) atoms. The number of allylic oxidation sites excluding steroid dienone is 4. The summed E-state index contributed by atoms with van der Waals surface area (Å²) >= 11 is 0. The van der Waals surface area contributed by atoms with Gasteiger partial charge in [0, 0.05) is 37.0 Å². The largest absolute Gasteiger partial charge is 0.388 e. The third kappa shape index (κ3) is 2.74. The molecule has 2 heterocycles. The van der Waals surface area contributed by atoms with Crippen molar-refractivity contribution in [2.24, 2.45) is 5.92 Å². The molecular weight excluding hydrogens is 298 g/mol. The number of pyridine rings is 1. The minimum atomic E-state index is 0.122. The Kier molecular flexibility index (Phi) is 4.13. The SMILES string of the molecule is CCC(=O)NC1CCCc2c(C3=CC=C4NCCC4C3)cncc21. The van der Waals surface area contributed by atoms with Crippen LogP contribution in [0.15, 0.2) is 30.2 Å². The number of aromatic nitrogens is 1. The number of fused-ring (bicyclic) bond motifs is 2. The molecule has 1 amide bonds. The van der Waals surface area contributed by atoms with Crippen LogP contribution in [0.1, 0.15) is 61.8 Å². The van der Waals surface area contributed by atoms with Crippen LogP contribution in [-0.4, -0.2) is 17.4 Å². The fraction of sp³-hybridized carbons (Fsp3) is 0.500. The summed E-state index contributed by atoms with van der Waals surface area (Å²) < 4.78 is 0. The van der Waals surface area contributed by atoms with E-state index in [0.29, 0.717) is 12.3 Å². The molecule has 2 N–H and O–H groups in total. The van der Waals surface area contributed by atoms with Crippen molar-refractivity contribution in [2.45, 2.75) is 51.5 Å². The van der Waals surface area contributed by atoms with Crippen LogP contribution in [0.2, 0.25) is 0 Å². The van der Waals surface area contributed by atoms with Crippen molar-refractivity contribution >= 4 is 11.5 Å². The second-order valence-corrected chi connectivity index (χ2v) is 7.05. The van der Waals surface area contributed by atoms with Crippen LogP contribution < -0.4 is 10.6 Å². The lowest BCUT2D eigenvalue weighted by atomic mass is 9.81. The van der Waals surface area contributed by atoms with Crippen molar-refractivity contribution < 1.29 is 4.79 Å². The molecule has 1 aliphatic heterocycles. The number of carbonyl (C=O) groups excluding carboxylic acids is 1. The van der Waals surface area contributed by atoms with Gasteiger partial charge >= 0.3 is 0 Å². The lowest BCUT2D eigenvalue weighted by Crippen LogP contribution is -2.30. The van der Waals surface area contributed by atoms with E-state index in [1.165, 1.54) is 34.4 Å². The third-order valence-electron chi connectivity index (χ3n) is 5.58. The molecule has 2 atom stereocenters. The molecule has 1 aromatic rings.